The standard InChI is InChI=1S/C17H9F3INOS2/c18-17(19,20)11-2-1-3-13(9-11)22-15(23)14(25-16(22)24)8-10-4-6-12(21)7-5-10/h1-9H/b14-8-. The molecule has 1 aliphatic heterocycles. The van der Waals surface area contributed by atoms with Crippen molar-refractivity contribution in [1.29, 1.82) is 0 Å². The summed E-state index contributed by atoms with van der Waals surface area (Å²) in [5, 5.41) is 0. The molecule has 1 aliphatic rings. The van der Waals surface area contributed by atoms with Crippen LogP contribution in [0.5, 0.6) is 0 Å². The predicted octanol–water partition coefficient (Wildman–Crippen LogP) is 5.72. The Hall–Kier alpha value is -1.39. The number of carbonyl (C=O) groups is 1. The Labute approximate surface area is 165 Å². The number of hydrogen-bond donors (Lipinski definition) is 0. The third-order valence-electron chi connectivity index (χ3n) is 3.39. The first-order valence-electron chi connectivity index (χ1n) is 6.96. The summed E-state index contributed by atoms with van der Waals surface area (Å²) < 4.78 is 39.9. The monoisotopic (exact) mass is 491 g/mol. The Balaban J connectivity index is 1.93. The van der Waals surface area contributed by atoms with Crippen LogP contribution >= 0.6 is 46.6 Å². The molecule has 0 bridgehead atoms. The van der Waals surface area contributed by atoms with Crippen molar-refractivity contribution in [2.24, 2.45) is 0 Å². The van der Waals surface area contributed by atoms with Crippen LogP contribution in [0.4, 0.5) is 18.9 Å². The minimum atomic E-state index is -4.48. The van der Waals surface area contributed by atoms with E-state index in [2.05, 4.69) is 22.6 Å². The van der Waals surface area contributed by atoms with Crippen LogP contribution in [0.2, 0.25) is 0 Å². The molecule has 25 heavy (non-hydrogen) atoms. The second-order valence-electron chi connectivity index (χ2n) is 5.12. The summed E-state index contributed by atoms with van der Waals surface area (Å²) >= 11 is 8.44. The summed E-state index contributed by atoms with van der Waals surface area (Å²) in [6.45, 7) is 0. The third kappa shape index (κ3) is 4.06. The Morgan fingerprint density at radius 3 is 2.44 bits per heavy atom. The van der Waals surface area contributed by atoms with E-state index < -0.39 is 17.6 Å². The second kappa shape index (κ2) is 7.08. The van der Waals surface area contributed by atoms with Crippen molar-refractivity contribution in [1.82, 2.24) is 0 Å². The average molecular weight is 491 g/mol. The van der Waals surface area contributed by atoms with Gasteiger partial charge in [-0.25, -0.2) is 0 Å². The molecule has 0 aliphatic carbocycles. The van der Waals surface area contributed by atoms with Crippen LogP contribution < -0.4 is 4.90 Å². The molecule has 1 saturated heterocycles. The van der Waals surface area contributed by atoms with Gasteiger partial charge in [-0.3, -0.25) is 9.69 Å². The van der Waals surface area contributed by atoms with E-state index in [1.807, 2.05) is 24.3 Å². The van der Waals surface area contributed by atoms with Crippen LogP contribution in [0.1, 0.15) is 11.1 Å². The number of rotatable bonds is 2. The Kier molecular flexibility index (Phi) is 5.21. The SMILES string of the molecule is O=C1/C(=C/c2ccc(I)cc2)SC(=S)N1c1cccc(C(F)(F)F)c1. The molecule has 128 valence electrons. The minimum absolute atomic E-state index is 0.114. The molecule has 0 N–H and O–H groups in total. The van der Waals surface area contributed by atoms with Crippen molar-refractivity contribution >= 4 is 68.6 Å². The lowest BCUT2D eigenvalue weighted by Gasteiger charge is -2.16. The highest BCUT2D eigenvalue weighted by atomic mass is 127. The van der Waals surface area contributed by atoms with Gasteiger partial charge in [0.1, 0.15) is 0 Å². The van der Waals surface area contributed by atoms with Crippen LogP contribution in [0, 0.1) is 3.57 Å². The molecule has 2 aromatic rings. The number of nitrogens with zero attached hydrogens (tertiary/aromatic N) is 1. The number of halogens is 4. The number of anilines is 1. The number of carbonyl (C=O) groups excluding carboxylic acids is 1. The molecule has 0 saturated carbocycles. The summed E-state index contributed by atoms with van der Waals surface area (Å²) in [5.41, 5.74) is 0.119. The minimum Gasteiger partial charge on any atom is -0.268 e. The fourth-order valence-corrected chi connectivity index (χ4v) is 3.88. The smallest absolute Gasteiger partial charge is 0.268 e. The molecule has 1 amide bonds. The molecule has 0 atom stereocenters. The number of benzene rings is 2. The largest absolute Gasteiger partial charge is 0.416 e. The van der Waals surface area contributed by atoms with Crippen LogP contribution in [0.25, 0.3) is 6.08 Å². The normalized spacial score (nSPS) is 16.8. The van der Waals surface area contributed by atoms with Gasteiger partial charge < -0.3 is 0 Å². The first-order valence-corrected chi connectivity index (χ1v) is 9.27. The van der Waals surface area contributed by atoms with E-state index in [1.54, 1.807) is 6.08 Å². The first-order chi connectivity index (χ1) is 11.8. The summed E-state index contributed by atoms with van der Waals surface area (Å²) in [7, 11) is 0. The molecule has 2 nitrogen and oxygen atoms in total. The zero-order valence-electron chi connectivity index (χ0n) is 12.4. The maximum atomic E-state index is 12.9. The molecule has 0 radical (unpaired) electrons. The molecule has 3 rings (SSSR count). The lowest BCUT2D eigenvalue weighted by Crippen LogP contribution is -2.27. The molecular formula is C17H9F3INOS2. The maximum absolute atomic E-state index is 12.9. The highest BCUT2D eigenvalue weighted by molar-refractivity contribution is 14.1. The van der Waals surface area contributed by atoms with Gasteiger partial charge in [-0.15, -0.1) is 0 Å². The fourth-order valence-electron chi connectivity index (χ4n) is 2.22. The summed E-state index contributed by atoms with van der Waals surface area (Å²) in [6.07, 6.45) is -2.80. The van der Waals surface area contributed by atoms with E-state index in [4.69, 9.17) is 12.2 Å². The van der Waals surface area contributed by atoms with Gasteiger partial charge in [0.05, 0.1) is 16.2 Å². The first kappa shape index (κ1) is 18.4. The Morgan fingerprint density at radius 2 is 1.80 bits per heavy atom. The van der Waals surface area contributed by atoms with Gasteiger partial charge in [0.15, 0.2) is 4.32 Å². The predicted molar refractivity (Wildman–Crippen MR) is 106 cm³/mol. The van der Waals surface area contributed by atoms with Crippen molar-refractivity contribution < 1.29 is 18.0 Å². The topological polar surface area (TPSA) is 20.3 Å². The van der Waals surface area contributed by atoms with Gasteiger partial charge in [0.25, 0.3) is 5.91 Å². The van der Waals surface area contributed by atoms with Crippen molar-refractivity contribution in [2.45, 2.75) is 6.18 Å². The molecule has 8 heteroatoms. The third-order valence-corrected chi connectivity index (χ3v) is 5.41. The van der Waals surface area contributed by atoms with E-state index in [0.29, 0.717) is 4.91 Å². The number of hydrogen-bond acceptors (Lipinski definition) is 3. The molecular weight excluding hydrogens is 482 g/mol. The molecule has 1 heterocycles. The zero-order chi connectivity index (χ0) is 18.2. The highest BCUT2D eigenvalue weighted by Gasteiger charge is 2.36. The van der Waals surface area contributed by atoms with Crippen LogP contribution in [-0.4, -0.2) is 10.2 Å². The number of alkyl halides is 3. The quantitative estimate of drug-likeness (QED) is 0.305. The fraction of sp³-hybridized carbons (Fsp3) is 0.0588. The highest BCUT2D eigenvalue weighted by Crippen LogP contribution is 2.38. The average Bonchev–Trinajstić information content (AvgIpc) is 2.83. The van der Waals surface area contributed by atoms with Crippen molar-refractivity contribution in [3.63, 3.8) is 0 Å². The van der Waals surface area contributed by atoms with Gasteiger partial charge in [0.2, 0.25) is 0 Å². The van der Waals surface area contributed by atoms with Gasteiger partial charge in [0, 0.05) is 3.57 Å². The summed E-state index contributed by atoms with van der Waals surface area (Å²) in [6, 6.07) is 12.1. The summed E-state index contributed by atoms with van der Waals surface area (Å²) in [4.78, 5) is 14.1. The lowest BCUT2D eigenvalue weighted by atomic mass is 10.1. The lowest BCUT2D eigenvalue weighted by molar-refractivity contribution is -0.137. The van der Waals surface area contributed by atoms with Crippen LogP contribution in [0.3, 0.4) is 0 Å². The maximum Gasteiger partial charge on any atom is 0.416 e. The second-order valence-corrected chi connectivity index (χ2v) is 8.04. The van der Waals surface area contributed by atoms with Gasteiger partial charge in [-0.2, -0.15) is 13.2 Å². The van der Waals surface area contributed by atoms with Crippen LogP contribution in [0.15, 0.2) is 53.4 Å². The number of thioether (sulfide) groups is 1. The Bertz CT molecular complexity index is 878. The van der Waals surface area contributed by atoms with E-state index in [-0.39, 0.29) is 10.0 Å². The molecule has 0 spiro atoms. The van der Waals surface area contributed by atoms with Gasteiger partial charge >= 0.3 is 6.18 Å². The number of amides is 1. The number of thiocarbonyl (C=S) groups is 1. The van der Waals surface area contributed by atoms with E-state index in [0.717, 1.165) is 37.9 Å². The Morgan fingerprint density at radius 1 is 1.12 bits per heavy atom. The molecule has 0 unspecified atom stereocenters. The summed E-state index contributed by atoms with van der Waals surface area (Å²) in [5.74, 6) is -0.423. The van der Waals surface area contributed by atoms with Crippen LogP contribution in [-0.2, 0) is 11.0 Å². The van der Waals surface area contributed by atoms with E-state index >= 15 is 0 Å². The van der Waals surface area contributed by atoms with Gasteiger partial charge in [-0.1, -0.05) is 42.2 Å². The zero-order valence-corrected chi connectivity index (χ0v) is 16.2. The van der Waals surface area contributed by atoms with Crippen molar-refractivity contribution in [2.75, 3.05) is 4.90 Å². The molecule has 2 aromatic carbocycles. The van der Waals surface area contributed by atoms with E-state index in [9.17, 15) is 18.0 Å². The van der Waals surface area contributed by atoms with Crippen molar-refractivity contribution in [3.05, 3.63) is 68.1 Å². The molecule has 0 aromatic heterocycles. The molecule has 1 fully saturated rings. The van der Waals surface area contributed by atoms with E-state index in [1.165, 1.54) is 12.1 Å². The van der Waals surface area contributed by atoms with Gasteiger partial charge in [-0.05, 0) is 64.6 Å². The van der Waals surface area contributed by atoms with Crippen molar-refractivity contribution in [3.8, 4) is 0 Å².